The van der Waals surface area contributed by atoms with Gasteiger partial charge in [0.2, 0.25) is 0 Å². The lowest BCUT2D eigenvalue weighted by Gasteiger charge is -2.29. The smallest absolute Gasteiger partial charge is 0.136 e. The average molecular weight is 714 g/mol. The number of anilines is 3. The number of fused-ring (bicyclic) bond motifs is 7. The lowest BCUT2D eigenvalue weighted by atomic mass is 9.92. The van der Waals surface area contributed by atoms with Crippen molar-refractivity contribution < 1.29 is 4.42 Å². The second-order valence-electron chi connectivity index (χ2n) is 14.5. The Balaban J connectivity index is 1.12. The van der Waals surface area contributed by atoms with Crippen LogP contribution < -0.4 is 4.90 Å². The quantitative estimate of drug-likeness (QED) is 0.160. The molecule has 2 heteroatoms. The molecule has 0 bridgehead atoms. The Morgan fingerprint density at radius 3 is 1.82 bits per heavy atom. The molecule has 10 aromatic carbocycles. The molecule has 11 rings (SSSR count). The summed E-state index contributed by atoms with van der Waals surface area (Å²) in [4.78, 5) is 2.42. The van der Waals surface area contributed by atoms with Gasteiger partial charge in [-0.15, -0.1) is 0 Å². The first kappa shape index (κ1) is 32.0. The predicted molar refractivity (Wildman–Crippen MR) is 237 cm³/mol. The summed E-state index contributed by atoms with van der Waals surface area (Å²) < 4.78 is 6.32. The van der Waals surface area contributed by atoms with Crippen molar-refractivity contribution in [2.24, 2.45) is 0 Å². The molecule has 0 N–H and O–H groups in total. The van der Waals surface area contributed by atoms with Crippen molar-refractivity contribution in [3.8, 4) is 33.4 Å². The summed E-state index contributed by atoms with van der Waals surface area (Å²) in [5.41, 5.74) is 12.1. The molecule has 0 saturated carbocycles. The highest BCUT2D eigenvalue weighted by Crippen LogP contribution is 2.46. The first-order valence-electron chi connectivity index (χ1n) is 19.2. The van der Waals surface area contributed by atoms with E-state index in [-0.39, 0.29) is 0 Å². The highest BCUT2D eigenvalue weighted by atomic mass is 16.3. The van der Waals surface area contributed by atoms with Crippen LogP contribution in [0.25, 0.3) is 87.6 Å². The minimum Gasteiger partial charge on any atom is -0.456 e. The molecule has 0 saturated heterocycles. The van der Waals surface area contributed by atoms with Crippen molar-refractivity contribution in [3.63, 3.8) is 0 Å². The SMILES string of the molecule is c1cc(-c2cccc3oc4ccccc4c23)cc(N(c2ccc(-c3ccc4ccccc4c3)cc2)c2ccccc2-c2cc3ccccc3c3ccccc23)c1. The van der Waals surface area contributed by atoms with Crippen molar-refractivity contribution in [3.05, 3.63) is 212 Å². The summed E-state index contributed by atoms with van der Waals surface area (Å²) in [5, 5.41) is 9.72. The standard InChI is InChI=1S/C54H35NO/c1-2-14-38-33-39(28-27-36(38)13-1)37-29-31-42(32-30-37)55(43-17-11-16-40(34-43)45-23-12-26-53-54(45)49-22-8-10-25-52(49)56-53)51-24-9-7-21-48(51)50-35-41-15-3-4-18-44(41)46-19-5-6-20-47(46)50/h1-35H. The average Bonchev–Trinajstić information content (AvgIpc) is 3.66. The molecule has 262 valence electrons. The molecule has 0 atom stereocenters. The Morgan fingerprint density at radius 1 is 0.304 bits per heavy atom. The van der Waals surface area contributed by atoms with Crippen LogP contribution in [0.4, 0.5) is 17.1 Å². The van der Waals surface area contributed by atoms with Crippen molar-refractivity contribution in [1.29, 1.82) is 0 Å². The summed E-state index contributed by atoms with van der Waals surface area (Å²) >= 11 is 0. The third-order valence-electron chi connectivity index (χ3n) is 11.2. The number of para-hydroxylation sites is 2. The Kier molecular flexibility index (Phi) is 7.53. The Bertz CT molecular complexity index is 3260. The fraction of sp³-hybridized carbons (Fsp3) is 0. The molecule has 1 aromatic heterocycles. The van der Waals surface area contributed by atoms with E-state index in [1.807, 2.05) is 12.1 Å². The number of furan rings is 1. The Labute approximate surface area is 325 Å². The van der Waals surface area contributed by atoms with Crippen LogP contribution >= 0.6 is 0 Å². The maximum Gasteiger partial charge on any atom is 0.136 e. The van der Waals surface area contributed by atoms with E-state index in [2.05, 4.69) is 205 Å². The molecule has 2 nitrogen and oxygen atoms in total. The van der Waals surface area contributed by atoms with Gasteiger partial charge in [-0.1, -0.05) is 158 Å². The summed E-state index contributed by atoms with van der Waals surface area (Å²) in [6.45, 7) is 0. The zero-order valence-corrected chi connectivity index (χ0v) is 30.6. The van der Waals surface area contributed by atoms with E-state index in [1.165, 1.54) is 54.6 Å². The summed E-state index contributed by atoms with van der Waals surface area (Å²) in [6.07, 6.45) is 0. The van der Waals surface area contributed by atoms with E-state index < -0.39 is 0 Å². The fourth-order valence-electron chi connectivity index (χ4n) is 8.60. The van der Waals surface area contributed by atoms with Crippen LogP contribution in [0.1, 0.15) is 0 Å². The highest BCUT2D eigenvalue weighted by molar-refractivity contribution is 6.15. The van der Waals surface area contributed by atoms with Crippen LogP contribution in [0.15, 0.2) is 217 Å². The third kappa shape index (κ3) is 5.34. The van der Waals surface area contributed by atoms with E-state index in [9.17, 15) is 0 Å². The second-order valence-corrected chi connectivity index (χ2v) is 14.5. The van der Waals surface area contributed by atoms with Gasteiger partial charge in [-0.05, 0) is 115 Å². The van der Waals surface area contributed by atoms with Crippen molar-refractivity contribution in [1.82, 2.24) is 0 Å². The molecule has 1 heterocycles. The first-order chi connectivity index (χ1) is 27.8. The van der Waals surface area contributed by atoms with Gasteiger partial charge in [-0.3, -0.25) is 0 Å². The molecule has 11 aromatic rings. The Morgan fingerprint density at radius 2 is 0.946 bits per heavy atom. The molecule has 0 fully saturated rings. The normalized spacial score (nSPS) is 11.6. The molecular weight excluding hydrogens is 679 g/mol. The summed E-state index contributed by atoms with van der Waals surface area (Å²) in [7, 11) is 0. The van der Waals surface area contributed by atoms with Crippen LogP contribution in [0.2, 0.25) is 0 Å². The van der Waals surface area contributed by atoms with Gasteiger partial charge in [0.1, 0.15) is 11.2 Å². The van der Waals surface area contributed by atoms with Crippen LogP contribution in [0, 0.1) is 0 Å². The van der Waals surface area contributed by atoms with Crippen molar-refractivity contribution >= 4 is 71.3 Å². The Hall–Kier alpha value is -7.42. The molecule has 0 amide bonds. The van der Waals surface area contributed by atoms with E-state index in [0.717, 1.165) is 50.1 Å². The van der Waals surface area contributed by atoms with Gasteiger partial charge in [0, 0.05) is 27.7 Å². The van der Waals surface area contributed by atoms with Gasteiger partial charge in [0.05, 0.1) is 5.69 Å². The van der Waals surface area contributed by atoms with Crippen LogP contribution in [-0.2, 0) is 0 Å². The summed E-state index contributed by atoms with van der Waals surface area (Å²) in [5.74, 6) is 0. The number of hydrogen-bond acceptors (Lipinski definition) is 2. The number of rotatable bonds is 6. The fourth-order valence-corrected chi connectivity index (χ4v) is 8.60. The van der Waals surface area contributed by atoms with Gasteiger partial charge in [-0.2, -0.15) is 0 Å². The topological polar surface area (TPSA) is 16.4 Å². The molecular formula is C54H35NO. The van der Waals surface area contributed by atoms with Gasteiger partial charge in [0.25, 0.3) is 0 Å². The van der Waals surface area contributed by atoms with E-state index in [0.29, 0.717) is 0 Å². The monoisotopic (exact) mass is 713 g/mol. The highest BCUT2D eigenvalue weighted by Gasteiger charge is 2.21. The van der Waals surface area contributed by atoms with Crippen LogP contribution in [0.3, 0.4) is 0 Å². The third-order valence-corrected chi connectivity index (χ3v) is 11.2. The van der Waals surface area contributed by atoms with E-state index in [4.69, 9.17) is 4.42 Å². The predicted octanol–water partition coefficient (Wildman–Crippen LogP) is 15.5. The molecule has 0 unspecified atom stereocenters. The molecule has 56 heavy (non-hydrogen) atoms. The lowest BCUT2D eigenvalue weighted by molar-refractivity contribution is 0.669. The second kappa shape index (κ2) is 13.2. The van der Waals surface area contributed by atoms with E-state index >= 15 is 0 Å². The van der Waals surface area contributed by atoms with Gasteiger partial charge in [0.15, 0.2) is 0 Å². The molecule has 0 aliphatic heterocycles. The van der Waals surface area contributed by atoms with Crippen LogP contribution in [0.5, 0.6) is 0 Å². The molecule has 0 aliphatic carbocycles. The minimum absolute atomic E-state index is 0.892. The number of hydrogen-bond donors (Lipinski definition) is 0. The van der Waals surface area contributed by atoms with E-state index in [1.54, 1.807) is 0 Å². The molecule has 0 radical (unpaired) electrons. The number of benzene rings is 10. The van der Waals surface area contributed by atoms with Gasteiger partial charge >= 0.3 is 0 Å². The van der Waals surface area contributed by atoms with Crippen LogP contribution in [-0.4, -0.2) is 0 Å². The summed E-state index contributed by atoms with van der Waals surface area (Å²) in [6, 6.07) is 76.6. The minimum atomic E-state index is 0.892. The molecule has 0 aliphatic rings. The largest absolute Gasteiger partial charge is 0.456 e. The van der Waals surface area contributed by atoms with Crippen molar-refractivity contribution in [2.45, 2.75) is 0 Å². The zero-order valence-electron chi connectivity index (χ0n) is 30.6. The van der Waals surface area contributed by atoms with Crippen molar-refractivity contribution in [2.75, 3.05) is 4.90 Å². The maximum absolute atomic E-state index is 6.32. The first-order valence-corrected chi connectivity index (χ1v) is 19.2. The zero-order chi connectivity index (χ0) is 37.0. The maximum atomic E-state index is 6.32. The molecule has 0 spiro atoms. The number of nitrogens with zero attached hydrogens (tertiary/aromatic N) is 1. The lowest BCUT2D eigenvalue weighted by Crippen LogP contribution is -2.11. The van der Waals surface area contributed by atoms with Gasteiger partial charge < -0.3 is 9.32 Å². The van der Waals surface area contributed by atoms with Gasteiger partial charge in [-0.25, -0.2) is 0 Å².